The molecular weight excluding hydrogens is 266 g/mol. The van der Waals surface area contributed by atoms with Crippen LogP contribution >= 0.6 is 0 Å². The molecule has 1 atom stereocenters. The van der Waals surface area contributed by atoms with E-state index in [0.29, 0.717) is 6.61 Å². The number of fused-ring (bicyclic) bond motifs is 1. The summed E-state index contributed by atoms with van der Waals surface area (Å²) in [6, 6.07) is 4.32. The van der Waals surface area contributed by atoms with Crippen LogP contribution in [0, 0.1) is 6.92 Å². The van der Waals surface area contributed by atoms with Crippen LogP contribution in [0.2, 0.25) is 0 Å². The van der Waals surface area contributed by atoms with Crippen LogP contribution in [0.5, 0.6) is 0 Å². The number of imidazole rings is 1. The molecule has 1 aliphatic rings. The topological polar surface area (TPSA) is 43.4 Å². The van der Waals surface area contributed by atoms with Crippen LogP contribution < -0.4 is 0 Å². The largest absolute Gasteiger partial charge is 0.465 e. The second kappa shape index (κ2) is 6.03. The van der Waals surface area contributed by atoms with Crippen LogP contribution in [0.25, 0.3) is 0 Å². The molecule has 0 amide bonds. The van der Waals surface area contributed by atoms with Crippen molar-refractivity contribution >= 4 is 0 Å². The highest BCUT2D eigenvalue weighted by Crippen LogP contribution is 2.30. The number of hydrogen-bond acceptors (Lipinski definition) is 4. The lowest BCUT2D eigenvalue weighted by Gasteiger charge is -2.35. The molecule has 3 rings (SSSR count). The standard InChI is InChI=1S/C16H23N3O2/c1-4-20-10-15-16-14(17-11-18(16)3)7-8-19(15)9-13-6-5-12(2)21-13/h5-6,11,15H,4,7-10H2,1-3H3. The SMILES string of the molecule is CCOCC1c2c(ncn2C)CCN1Cc1ccc(C)o1. The fraction of sp³-hybridized carbons (Fsp3) is 0.562. The fourth-order valence-electron chi connectivity index (χ4n) is 3.06. The number of aromatic nitrogens is 2. The molecule has 21 heavy (non-hydrogen) atoms. The van der Waals surface area contributed by atoms with Crippen molar-refractivity contribution < 1.29 is 9.15 Å². The van der Waals surface area contributed by atoms with Gasteiger partial charge >= 0.3 is 0 Å². The van der Waals surface area contributed by atoms with Gasteiger partial charge in [-0.1, -0.05) is 0 Å². The van der Waals surface area contributed by atoms with E-state index in [9.17, 15) is 0 Å². The Bertz CT molecular complexity index is 602. The van der Waals surface area contributed by atoms with Gasteiger partial charge in [0.15, 0.2) is 0 Å². The Labute approximate surface area is 125 Å². The Hall–Kier alpha value is -1.59. The molecule has 1 aliphatic heterocycles. The number of aryl methyl sites for hydroxylation is 2. The van der Waals surface area contributed by atoms with E-state index in [1.165, 1.54) is 11.4 Å². The second-order valence-electron chi connectivity index (χ2n) is 5.60. The smallest absolute Gasteiger partial charge is 0.118 e. The van der Waals surface area contributed by atoms with E-state index < -0.39 is 0 Å². The van der Waals surface area contributed by atoms with Crippen molar-refractivity contribution in [3.8, 4) is 0 Å². The quantitative estimate of drug-likeness (QED) is 0.848. The first-order valence-electron chi connectivity index (χ1n) is 7.56. The Morgan fingerprint density at radius 2 is 2.29 bits per heavy atom. The van der Waals surface area contributed by atoms with Crippen molar-refractivity contribution in [2.24, 2.45) is 7.05 Å². The lowest BCUT2D eigenvalue weighted by atomic mass is 10.0. The molecule has 0 saturated heterocycles. The van der Waals surface area contributed by atoms with Crippen LogP contribution in [0.3, 0.4) is 0 Å². The normalized spacial score (nSPS) is 18.9. The predicted molar refractivity (Wildman–Crippen MR) is 80.0 cm³/mol. The number of nitrogens with zero attached hydrogens (tertiary/aromatic N) is 3. The summed E-state index contributed by atoms with van der Waals surface area (Å²) in [5, 5.41) is 0. The van der Waals surface area contributed by atoms with Crippen molar-refractivity contribution in [1.82, 2.24) is 14.5 Å². The van der Waals surface area contributed by atoms with Crippen molar-refractivity contribution in [2.75, 3.05) is 19.8 Å². The van der Waals surface area contributed by atoms with E-state index in [4.69, 9.17) is 9.15 Å². The average Bonchev–Trinajstić information content (AvgIpc) is 3.04. The van der Waals surface area contributed by atoms with Crippen molar-refractivity contribution in [1.29, 1.82) is 0 Å². The van der Waals surface area contributed by atoms with Crippen LogP contribution in [0.1, 0.15) is 35.9 Å². The Morgan fingerprint density at radius 1 is 1.43 bits per heavy atom. The van der Waals surface area contributed by atoms with E-state index in [-0.39, 0.29) is 6.04 Å². The molecule has 0 radical (unpaired) electrons. The zero-order valence-electron chi connectivity index (χ0n) is 13.0. The van der Waals surface area contributed by atoms with Gasteiger partial charge in [0.2, 0.25) is 0 Å². The molecule has 2 aromatic rings. The van der Waals surface area contributed by atoms with Gasteiger partial charge in [0.05, 0.1) is 36.9 Å². The Balaban J connectivity index is 1.83. The molecule has 0 aliphatic carbocycles. The lowest BCUT2D eigenvalue weighted by Crippen LogP contribution is -2.38. The van der Waals surface area contributed by atoms with Crippen LogP contribution in [-0.2, 0) is 24.8 Å². The molecule has 1 unspecified atom stereocenters. The molecule has 5 nitrogen and oxygen atoms in total. The van der Waals surface area contributed by atoms with Gasteiger partial charge in [-0.25, -0.2) is 4.98 Å². The second-order valence-corrected chi connectivity index (χ2v) is 5.60. The highest BCUT2D eigenvalue weighted by Gasteiger charge is 2.31. The summed E-state index contributed by atoms with van der Waals surface area (Å²) < 4.78 is 13.6. The molecule has 0 fully saturated rings. The summed E-state index contributed by atoms with van der Waals surface area (Å²) >= 11 is 0. The average molecular weight is 289 g/mol. The summed E-state index contributed by atoms with van der Waals surface area (Å²) in [6.45, 7) is 7.25. The number of furan rings is 1. The van der Waals surface area contributed by atoms with Crippen LogP contribution in [0.15, 0.2) is 22.9 Å². The highest BCUT2D eigenvalue weighted by molar-refractivity contribution is 5.22. The zero-order valence-corrected chi connectivity index (χ0v) is 13.0. The molecule has 0 aromatic carbocycles. The summed E-state index contributed by atoms with van der Waals surface area (Å²) in [7, 11) is 2.06. The maximum absolute atomic E-state index is 5.73. The molecule has 2 aromatic heterocycles. The van der Waals surface area contributed by atoms with E-state index in [0.717, 1.165) is 37.6 Å². The molecule has 0 saturated carbocycles. The summed E-state index contributed by atoms with van der Waals surface area (Å²) in [6.07, 6.45) is 2.89. The Kier molecular flexibility index (Phi) is 4.12. The lowest BCUT2D eigenvalue weighted by molar-refractivity contribution is 0.0485. The maximum atomic E-state index is 5.73. The van der Waals surface area contributed by atoms with E-state index in [1.54, 1.807) is 0 Å². The number of hydrogen-bond donors (Lipinski definition) is 0. The highest BCUT2D eigenvalue weighted by atomic mass is 16.5. The van der Waals surface area contributed by atoms with Crippen LogP contribution in [0.4, 0.5) is 0 Å². The molecule has 114 valence electrons. The minimum absolute atomic E-state index is 0.242. The zero-order chi connectivity index (χ0) is 14.8. The summed E-state index contributed by atoms with van der Waals surface area (Å²) in [4.78, 5) is 6.95. The number of ether oxygens (including phenoxy) is 1. The van der Waals surface area contributed by atoms with Gasteiger partial charge in [-0.3, -0.25) is 4.90 Å². The van der Waals surface area contributed by atoms with Gasteiger partial charge in [-0.05, 0) is 26.0 Å². The molecule has 0 spiro atoms. The van der Waals surface area contributed by atoms with Gasteiger partial charge in [-0.2, -0.15) is 0 Å². The third-order valence-electron chi connectivity index (χ3n) is 4.09. The van der Waals surface area contributed by atoms with Gasteiger partial charge in [0, 0.05) is 26.6 Å². The minimum Gasteiger partial charge on any atom is -0.465 e. The molecule has 3 heterocycles. The fourth-order valence-corrected chi connectivity index (χ4v) is 3.06. The van der Waals surface area contributed by atoms with E-state index in [1.807, 2.05) is 26.2 Å². The molecule has 0 bridgehead atoms. The third kappa shape index (κ3) is 2.89. The Morgan fingerprint density at radius 3 is 3.00 bits per heavy atom. The van der Waals surface area contributed by atoms with Crippen LogP contribution in [-0.4, -0.2) is 34.2 Å². The first kappa shape index (κ1) is 14.4. The van der Waals surface area contributed by atoms with Crippen molar-refractivity contribution in [3.63, 3.8) is 0 Å². The first-order valence-corrected chi connectivity index (χ1v) is 7.56. The van der Waals surface area contributed by atoms with Gasteiger partial charge in [0.25, 0.3) is 0 Å². The minimum atomic E-state index is 0.242. The van der Waals surface area contributed by atoms with E-state index in [2.05, 4.69) is 27.6 Å². The van der Waals surface area contributed by atoms with Gasteiger partial charge in [-0.15, -0.1) is 0 Å². The van der Waals surface area contributed by atoms with E-state index >= 15 is 0 Å². The van der Waals surface area contributed by atoms with Crippen molar-refractivity contribution in [3.05, 3.63) is 41.4 Å². The third-order valence-corrected chi connectivity index (χ3v) is 4.09. The summed E-state index contributed by atoms with van der Waals surface area (Å²) in [5.41, 5.74) is 2.48. The molecular formula is C16H23N3O2. The maximum Gasteiger partial charge on any atom is 0.118 e. The predicted octanol–water partition coefficient (Wildman–Crippen LogP) is 2.46. The monoisotopic (exact) mass is 289 g/mol. The van der Waals surface area contributed by atoms with Crippen molar-refractivity contribution in [2.45, 2.75) is 32.9 Å². The molecule has 5 heteroatoms. The van der Waals surface area contributed by atoms with Gasteiger partial charge < -0.3 is 13.7 Å². The van der Waals surface area contributed by atoms with Gasteiger partial charge in [0.1, 0.15) is 11.5 Å². The number of rotatable bonds is 5. The summed E-state index contributed by atoms with van der Waals surface area (Å²) in [5.74, 6) is 1.98. The first-order chi connectivity index (χ1) is 10.2. The molecule has 0 N–H and O–H groups in total.